The second-order valence-corrected chi connectivity index (χ2v) is 7.03. The molecule has 0 amide bonds. The minimum Gasteiger partial charge on any atom is -0.295 e. The number of rotatable bonds is 3. The fourth-order valence-electron chi connectivity index (χ4n) is 2.92. The highest BCUT2D eigenvalue weighted by atomic mass is 79.9. The molecule has 0 saturated carbocycles. The molecule has 4 rings (SSSR count). The van der Waals surface area contributed by atoms with Crippen LogP contribution in [-0.4, -0.2) is 23.7 Å². The van der Waals surface area contributed by atoms with Crippen LogP contribution in [-0.2, 0) is 13.6 Å². The molecular weight excluding hydrogens is 401 g/mol. The highest BCUT2D eigenvalue weighted by molar-refractivity contribution is 9.10. The number of nitrogens with zero attached hydrogens (tertiary/aromatic N) is 5. The van der Waals surface area contributed by atoms with Gasteiger partial charge in [0.15, 0.2) is 5.65 Å². The van der Waals surface area contributed by atoms with E-state index in [0.29, 0.717) is 15.7 Å². The van der Waals surface area contributed by atoms with Gasteiger partial charge in [0, 0.05) is 36.8 Å². The summed E-state index contributed by atoms with van der Waals surface area (Å²) in [5.41, 5.74) is 3.05. The van der Waals surface area contributed by atoms with Crippen LogP contribution in [0, 0.1) is 12.7 Å². The first kappa shape index (κ1) is 16.7. The van der Waals surface area contributed by atoms with Gasteiger partial charge in [0.2, 0.25) is 0 Å². The smallest absolute Gasteiger partial charge is 0.295 e. The third-order valence-corrected chi connectivity index (χ3v) is 4.75. The van der Waals surface area contributed by atoms with Crippen molar-refractivity contribution in [3.8, 4) is 11.1 Å². The number of aromatic nitrogens is 5. The molecule has 3 aromatic heterocycles. The van der Waals surface area contributed by atoms with E-state index in [4.69, 9.17) is 0 Å². The molecule has 0 atom stereocenters. The number of benzene rings is 1. The molecule has 6 nitrogen and oxygen atoms in total. The summed E-state index contributed by atoms with van der Waals surface area (Å²) in [6.07, 6.45) is 6.82. The summed E-state index contributed by atoms with van der Waals surface area (Å²) in [6.45, 7) is 1.95. The topological polar surface area (TPSA) is 57.1 Å². The van der Waals surface area contributed by atoms with Gasteiger partial charge in [-0.2, -0.15) is 5.10 Å². The van der Waals surface area contributed by atoms with E-state index in [1.165, 1.54) is 15.0 Å². The molecule has 0 aliphatic carbocycles. The molecule has 3 heterocycles. The summed E-state index contributed by atoms with van der Waals surface area (Å²) in [6, 6.07) is 4.99. The SMILES string of the molecule is Cc1cn2c(=O)n(Cc3ccc(-c4cnn(C)c4)cc3F)cc(Br)c2n1. The molecule has 26 heavy (non-hydrogen) atoms. The lowest BCUT2D eigenvalue weighted by molar-refractivity contribution is 0.592. The van der Waals surface area contributed by atoms with Gasteiger partial charge in [-0.3, -0.25) is 13.6 Å². The summed E-state index contributed by atoms with van der Waals surface area (Å²) < 4.78 is 19.9. The summed E-state index contributed by atoms with van der Waals surface area (Å²) in [5.74, 6) is -0.365. The molecule has 4 aromatic rings. The summed E-state index contributed by atoms with van der Waals surface area (Å²) in [4.78, 5) is 16.9. The maximum absolute atomic E-state index is 14.6. The van der Waals surface area contributed by atoms with Crippen LogP contribution in [0.3, 0.4) is 0 Å². The molecule has 0 N–H and O–H groups in total. The maximum atomic E-state index is 14.6. The molecule has 0 aliphatic heterocycles. The van der Waals surface area contributed by atoms with Gasteiger partial charge in [0.1, 0.15) is 5.82 Å². The first-order valence-corrected chi connectivity index (χ1v) is 8.74. The number of aryl methyl sites for hydroxylation is 2. The average Bonchev–Trinajstić information content (AvgIpc) is 3.20. The van der Waals surface area contributed by atoms with Crippen molar-refractivity contribution < 1.29 is 4.39 Å². The van der Waals surface area contributed by atoms with Gasteiger partial charge in [-0.05, 0) is 34.5 Å². The van der Waals surface area contributed by atoms with Crippen molar-refractivity contribution in [2.45, 2.75) is 13.5 Å². The minimum atomic E-state index is -0.365. The average molecular weight is 416 g/mol. The Morgan fingerprint density at radius 1 is 1.19 bits per heavy atom. The first-order valence-electron chi connectivity index (χ1n) is 7.94. The van der Waals surface area contributed by atoms with Gasteiger partial charge in [-0.25, -0.2) is 14.2 Å². The van der Waals surface area contributed by atoms with E-state index < -0.39 is 0 Å². The molecular formula is C18H15BrFN5O. The van der Waals surface area contributed by atoms with Crippen molar-refractivity contribution >= 4 is 21.6 Å². The highest BCUT2D eigenvalue weighted by Crippen LogP contribution is 2.22. The highest BCUT2D eigenvalue weighted by Gasteiger charge is 2.12. The Labute approximate surface area is 156 Å². The van der Waals surface area contributed by atoms with E-state index in [0.717, 1.165) is 16.8 Å². The quantitative estimate of drug-likeness (QED) is 0.516. The second-order valence-electron chi connectivity index (χ2n) is 6.17. The molecule has 0 bridgehead atoms. The normalized spacial score (nSPS) is 11.4. The van der Waals surface area contributed by atoms with Crippen LogP contribution < -0.4 is 5.69 Å². The van der Waals surface area contributed by atoms with Crippen molar-refractivity contribution in [3.63, 3.8) is 0 Å². The van der Waals surface area contributed by atoms with Gasteiger partial charge < -0.3 is 0 Å². The zero-order valence-electron chi connectivity index (χ0n) is 14.1. The van der Waals surface area contributed by atoms with E-state index in [1.54, 1.807) is 29.3 Å². The van der Waals surface area contributed by atoms with Gasteiger partial charge >= 0.3 is 5.69 Å². The Bertz CT molecular complexity index is 1190. The Hall–Kier alpha value is -2.74. The van der Waals surface area contributed by atoms with E-state index in [9.17, 15) is 9.18 Å². The van der Waals surface area contributed by atoms with E-state index in [-0.39, 0.29) is 18.1 Å². The Kier molecular flexibility index (Phi) is 3.99. The number of halogens is 2. The van der Waals surface area contributed by atoms with Gasteiger partial charge in [0.25, 0.3) is 0 Å². The first-order chi connectivity index (χ1) is 12.4. The molecule has 0 spiro atoms. The molecule has 132 valence electrons. The summed E-state index contributed by atoms with van der Waals surface area (Å²) >= 11 is 3.43. The van der Waals surface area contributed by atoms with Crippen LogP contribution in [0.1, 0.15) is 11.3 Å². The Balaban J connectivity index is 1.72. The zero-order chi connectivity index (χ0) is 18.4. The summed E-state index contributed by atoms with van der Waals surface area (Å²) in [5, 5.41) is 4.10. The van der Waals surface area contributed by atoms with E-state index in [1.807, 2.05) is 26.2 Å². The molecule has 0 aliphatic rings. The van der Waals surface area contributed by atoms with Gasteiger partial charge in [-0.15, -0.1) is 0 Å². The van der Waals surface area contributed by atoms with Crippen LogP contribution in [0.5, 0.6) is 0 Å². The lowest BCUT2D eigenvalue weighted by Gasteiger charge is -2.09. The monoisotopic (exact) mass is 415 g/mol. The van der Waals surface area contributed by atoms with Crippen molar-refractivity contribution in [3.05, 3.63) is 75.0 Å². The van der Waals surface area contributed by atoms with Crippen LogP contribution in [0.25, 0.3) is 16.8 Å². The molecule has 0 radical (unpaired) electrons. The number of hydrogen-bond donors (Lipinski definition) is 0. The predicted octanol–water partition coefficient (Wildman–Crippen LogP) is 3.15. The second kappa shape index (κ2) is 6.21. The lowest BCUT2D eigenvalue weighted by atomic mass is 10.1. The number of imidazole rings is 1. The van der Waals surface area contributed by atoms with Crippen molar-refractivity contribution in [2.75, 3.05) is 0 Å². The number of hydrogen-bond acceptors (Lipinski definition) is 3. The third-order valence-electron chi connectivity index (χ3n) is 4.19. The largest absolute Gasteiger partial charge is 0.334 e. The van der Waals surface area contributed by atoms with E-state index in [2.05, 4.69) is 26.0 Å². The fraction of sp³-hybridized carbons (Fsp3) is 0.167. The zero-order valence-corrected chi connectivity index (χ0v) is 15.7. The van der Waals surface area contributed by atoms with Gasteiger partial charge in [-0.1, -0.05) is 12.1 Å². The van der Waals surface area contributed by atoms with Gasteiger partial charge in [0.05, 0.1) is 22.9 Å². The minimum absolute atomic E-state index is 0.129. The van der Waals surface area contributed by atoms with Crippen LogP contribution in [0.4, 0.5) is 4.39 Å². The molecule has 0 fully saturated rings. The van der Waals surface area contributed by atoms with Crippen LogP contribution in [0.2, 0.25) is 0 Å². The van der Waals surface area contributed by atoms with E-state index >= 15 is 0 Å². The molecule has 0 saturated heterocycles. The van der Waals surface area contributed by atoms with Crippen molar-refractivity contribution in [2.24, 2.45) is 7.05 Å². The molecule has 0 unspecified atom stereocenters. The lowest BCUT2D eigenvalue weighted by Crippen LogP contribution is -2.26. The standard InChI is InChI=1S/C18H15BrFN5O/c1-11-7-25-17(22-11)15(19)10-24(18(25)26)9-13-4-3-12(5-16(13)20)14-6-21-23(2)8-14/h3-8,10H,9H2,1-2H3. The maximum Gasteiger partial charge on any atom is 0.334 e. The number of fused-ring (bicyclic) bond motifs is 1. The molecule has 1 aromatic carbocycles. The molecule has 8 heteroatoms. The third kappa shape index (κ3) is 2.86. The Morgan fingerprint density at radius 3 is 2.69 bits per heavy atom. The summed E-state index contributed by atoms with van der Waals surface area (Å²) in [7, 11) is 1.81. The van der Waals surface area contributed by atoms with Crippen LogP contribution >= 0.6 is 15.9 Å². The van der Waals surface area contributed by atoms with Crippen molar-refractivity contribution in [1.29, 1.82) is 0 Å². The van der Waals surface area contributed by atoms with Crippen molar-refractivity contribution in [1.82, 2.24) is 23.7 Å². The fourth-order valence-corrected chi connectivity index (χ4v) is 3.45. The predicted molar refractivity (Wildman–Crippen MR) is 99.6 cm³/mol. The van der Waals surface area contributed by atoms with Crippen LogP contribution in [0.15, 0.2) is 52.3 Å². The Morgan fingerprint density at radius 2 is 2.00 bits per heavy atom.